The van der Waals surface area contributed by atoms with Crippen LogP contribution in [0.15, 0.2) is 18.2 Å². The number of nitro benzene ring substituents is 1. The lowest BCUT2D eigenvalue weighted by atomic mass is 9.99. The number of hydrogen-bond donors (Lipinski definition) is 3. The molecule has 0 bridgehead atoms. The summed E-state index contributed by atoms with van der Waals surface area (Å²) in [5.41, 5.74) is -0.288. The summed E-state index contributed by atoms with van der Waals surface area (Å²) in [5.74, 6) is -0.329. The van der Waals surface area contributed by atoms with Crippen molar-refractivity contribution < 1.29 is 14.8 Å². The molecule has 0 aliphatic rings. The second-order valence-corrected chi connectivity index (χ2v) is 4.77. The molecule has 0 aliphatic heterocycles. The zero-order valence-corrected chi connectivity index (χ0v) is 11.8. The van der Waals surface area contributed by atoms with Gasteiger partial charge in [0.2, 0.25) is 0 Å². The Kier molecular flexibility index (Phi) is 5.04. The molecule has 0 radical (unpaired) electrons. The van der Waals surface area contributed by atoms with Gasteiger partial charge in [0.15, 0.2) is 0 Å². The Balaban J connectivity index is 3.25. The van der Waals surface area contributed by atoms with Crippen molar-refractivity contribution in [2.45, 2.75) is 25.8 Å². The van der Waals surface area contributed by atoms with Crippen LogP contribution >= 0.6 is 0 Å². The van der Waals surface area contributed by atoms with Gasteiger partial charge in [0, 0.05) is 18.7 Å². The lowest BCUT2D eigenvalue weighted by Gasteiger charge is -2.28. The Morgan fingerprint density at radius 3 is 2.60 bits per heavy atom. The average molecular weight is 281 g/mol. The van der Waals surface area contributed by atoms with E-state index in [1.54, 1.807) is 6.92 Å². The zero-order valence-electron chi connectivity index (χ0n) is 11.8. The van der Waals surface area contributed by atoms with Crippen molar-refractivity contribution in [3.63, 3.8) is 0 Å². The number of nitrogens with one attached hydrogen (secondary N) is 2. The topological polar surface area (TPSA) is 104 Å². The molecule has 110 valence electrons. The van der Waals surface area contributed by atoms with E-state index in [9.17, 15) is 20.0 Å². The molecular formula is C13H19N3O4. The van der Waals surface area contributed by atoms with Crippen LogP contribution in [0.1, 0.15) is 30.6 Å². The highest BCUT2D eigenvalue weighted by Crippen LogP contribution is 2.29. The maximum absolute atomic E-state index is 11.6. The molecule has 1 atom stereocenters. The van der Waals surface area contributed by atoms with E-state index in [1.165, 1.54) is 25.2 Å². The molecule has 1 aromatic carbocycles. The third kappa shape index (κ3) is 3.45. The lowest BCUT2D eigenvalue weighted by molar-refractivity contribution is -0.384. The van der Waals surface area contributed by atoms with Crippen LogP contribution in [-0.4, -0.2) is 35.1 Å². The van der Waals surface area contributed by atoms with Gasteiger partial charge in [-0.15, -0.1) is 0 Å². The van der Waals surface area contributed by atoms with Gasteiger partial charge in [0.05, 0.1) is 17.1 Å². The Hall–Kier alpha value is -2.15. The first-order valence-corrected chi connectivity index (χ1v) is 6.26. The number of aliphatic hydroxyl groups excluding tert-OH is 1. The average Bonchev–Trinajstić information content (AvgIpc) is 2.45. The number of amides is 1. The Labute approximate surface area is 117 Å². The van der Waals surface area contributed by atoms with Crippen LogP contribution in [0.25, 0.3) is 0 Å². The van der Waals surface area contributed by atoms with Crippen molar-refractivity contribution in [2.24, 2.45) is 0 Å². The van der Waals surface area contributed by atoms with E-state index in [4.69, 9.17) is 0 Å². The largest absolute Gasteiger partial charge is 0.394 e. The molecule has 7 heteroatoms. The van der Waals surface area contributed by atoms with E-state index in [1.807, 2.05) is 6.92 Å². The molecule has 1 aromatic rings. The van der Waals surface area contributed by atoms with Gasteiger partial charge < -0.3 is 15.7 Å². The molecule has 7 nitrogen and oxygen atoms in total. The fraction of sp³-hybridized carbons (Fsp3) is 0.462. The summed E-state index contributed by atoms with van der Waals surface area (Å²) in [6.07, 6.45) is 0.574. The molecule has 1 rings (SSSR count). The van der Waals surface area contributed by atoms with Crippen LogP contribution in [0, 0.1) is 10.1 Å². The monoisotopic (exact) mass is 281 g/mol. The van der Waals surface area contributed by atoms with Crippen LogP contribution in [0.3, 0.4) is 0 Å². The van der Waals surface area contributed by atoms with Crippen LogP contribution in [0.5, 0.6) is 0 Å². The van der Waals surface area contributed by atoms with Gasteiger partial charge in [-0.1, -0.05) is 6.92 Å². The number of aliphatic hydroxyl groups is 1. The maximum Gasteiger partial charge on any atom is 0.292 e. The third-order valence-electron chi connectivity index (χ3n) is 3.25. The number of anilines is 1. The molecule has 0 aliphatic carbocycles. The van der Waals surface area contributed by atoms with Crippen molar-refractivity contribution in [1.29, 1.82) is 0 Å². The molecule has 0 saturated heterocycles. The molecule has 3 N–H and O–H groups in total. The first-order valence-electron chi connectivity index (χ1n) is 6.26. The van der Waals surface area contributed by atoms with Gasteiger partial charge in [0.1, 0.15) is 5.69 Å². The molecule has 1 unspecified atom stereocenters. The molecule has 0 spiro atoms. The normalized spacial score (nSPS) is 13.4. The van der Waals surface area contributed by atoms with Gasteiger partial charge in [-0.05, 0) is 25.5 Å². The van der Waals surface area contributed by atoms with Gasteiger partial charge in [-0.25, -0.2) is 0 Å². The number of benzene rings is 1. The molecule has 0 heterocycles. The van der Waals surface area contributed by atoms with Gasteiger partial charge in [0.25, 0.3) is 11.6 Å². The second-order valence-electron chi connectivity index (χ2n) is 4.77. The number of hydrogen-bond acceptors (Lipinski definition) is 5. The highest BCUT2D eigenvalue weighted by Gasteiger charge is 2.25. The smallest absolute Gasteiger partial charge is 0.292 e. The van der Waals surface area contributed by atoms with Crippen LogP contribution in [0.2, 0.25) is 0 Å². The highest BCUT2D eigenvalue weighted by molar-refractivity contribution is 5.95. The van der Waals surface area contributed by atoms with Crippen molar-refractivity contribution in [1.82, 2.24) is 5.32 Å². The minimum absolute atomic E-state index is 0.134. The van der Waals surface area contributed by atoms with E-state index >= 15 is 0 Å². The van der Waals surface area contributed by atoms with Crippen molar-refractivity contribution >= 4 is 17.3 Å². The van der Waals surface area contributed by atoms with E-state index in [-0.39, 0.29) is 23.9 Å². The molecule has 0 aromatic heterocycles. The van der Waals surface area contributed by atoms with Gasteiger partial charge in [-0.3, -0.25) is 14.9 Å². The standard InChI is InChI=1S/C13H19N3O4/c1-4-13(2,8-17)15-10-7-9(12(18)14-3)5-6-11(10)16(19)20/h5-7,15,17H,4,8H2,1-3H3,(H,14,18). The van der Waals surface area contributed by atoms with E-state index in [2.05, 4.69) is 10.6 Å². The summed E-state index contributed by atoms with van der Waals surface area (Å²) in [4.78, 5) is 22.1. The van der Waals surface area contributed by atoms with Crippen molar-refractivity contribution in [2.75, 3.05) is 19.0 Å². The Morgan fingerprint density at radius 2 is 2.15 bits per heavy atom. The molecule has 0 saturated carbocycles. The summed E-state index contributed by atoms with van der Waals surface area (Å²) in [6, 6.07) is 4.09. The predicted octanol–water partition coefficient (Wildman–Crippen LogP) is 1.53. The minimum Gasteiger partial charge on any atom is -0.394 e. The summed E-state index contributed by atoms with van der Waals surface area (Å²) in [5, 5.41) is 25.8. The predicted molar refractivity (Wildman–Crippen MR) is 75.9 cm³/mol. The van der Waals surface area contributed by atoms with Gasteiger partial charge in [-0.2, -0.15) is 0 Å². The zero-order chi connectivity index (χ0) is 15.3. The quantitative estimate of drug-likeness (QED) is 0.541. The fourth-order valence-corrected chi connectivity index (χ4v) is 1.65. The summed E-state index contributed by atoms with van der Waals surface area (Å²) >= 11 is 0. The maximum atomic E-state index is 11.6. The number of nitrogens with zero attached hydrogens (tertiary/aromatic N) is 1. The van der Waals surface area contributed by atoms with Crippen molar-refractivity contribution in [3.05, 3.63) is 33.9 Å². The van der Waals surface area contributed by atoms with Crippen LogP contribution < -0.4 is 10.6 Å². The first-order chi connectivity index (χ1) is 9.36. The SMILES string of the molecule is CCC(C)(CO)Nc1cc(C(=O)NC)ccc1[N+](=O)[O-]. The third-order valence-corrected chi connectivity index (χ3v) is 3.25. The number of rotatable bonds is 6. The minimum atomic E-state index is -0.688. The van der Waals surface area contributed by atoms with Crippen LogP contribution in [0.4, 0.5) is 11.4 Å². The molecule has 0 fully saturated rings. The lowest BCUT2D eigenvalue weighted by Crippen LogP contribution is -2.38. The summed E-state index contributed by atoms with van der Waals surface area (Å²) < 4.78 is 0. The van der Waals surface area contributed by atoms with E-state index in [0.717, 1.165) is 0 Å². The Morgan fingerprint density at radius 1 is 1.50 bits per heavy atom. The highest BCUT2D eigenvalue weighted by atomic mass is 16.6. The summed E-state index contributed by atoms with van der Waals surface area (Å²) in [7, 11) is 1.49. The Bertz CT molecular complexity index is 512. The van der Waals surface area contributed by atoms with Gasteiger partial charge >= 0.3 is 0 Å². The van der Waals surface area contributed by atoms with Crippen LogP contribution in [-0.2, 0) is 0 Å². The molecule has 20 heavy (non-hydrogen) atoms. The first kappa shape index (κ1) is 15.9. The second kappa shape index (κ2) is 6.33. The van der Waals surface area contributed by atoms with E-state index in [0.29, 0.717) is 12.0 Å². The molecular weight excluding hydrogens is 262 g/mol. The van der Waals surface area contributed by atoms with E-state index < -0.39 is 10.5 Å². The number of carbonyl (C=O) groups is 1. The summed E-state index contributed by atoms with van der Waals surface area (Å²) in [6.45, 7) is 3.44. The molecule has 1 amide bonds. The fourth-order valence-electron chi connectivity index (χ4n) is 1.65. The number of nitro groups is 1. The van der Waals surface area contributed by atoms with Crippen molar-refractivity contribution in [3.8, 4) is 0 Å². The number of carbonyl (C=O) groups excluding carboxylic acids is 1.